The molecule has 0 aliphatic rings. The molecular weight excluding hydrogens is 407 g/mol. The van der Waals surface area contributed by atoms with E-state index in [0.29, 0.717) is 33.9 Å². The number of nitrogens with zero attached hydrogens (tertiary/aromatic N) is 1. The van der Waals surface area contributed by atoms with E-state index in [0.717, 1.165) is 0 Å². The Morgan fingerprint density at radius 3 is 2.53 bits per heavy atom. The summed E-state index contributed by atoms with van der Waals surface area (Å²) in [6.45, 7) is 3.45. The number of benzene rings is 2. The SMILES string of the molecule is C=CC(=O)Nc1ccc(Nc2ccc(Cl)c(F)c2)c(-c2cc(NC)c(=O)n(C)c2)c1. The highest BCUT2D eigenvalue weighted by Crippen LogP contribution is 2.34. The number of amides is 1. The molecular formula is C22H20ClFN4O2. The molecule has 3 rings (SSSR count). The number of aromatic nitrogens is 1. The van der Waals surface area contributed by atoms with E-state index >= 15 is 0 Å². The van der Waals surface area contributed by atoms with Gasteiger partial charge in [-0.1, -0.05) is 18.2 Å². The largest absolute Gasteiger partial charge is 0.384 e. The van der Waals surface area contributed by atoms with Crippen molar-refractivity contribution in [2.24, 2.45) is 7.05 Å². The van der Waals surface area contributed by atoms with E-state index in [1.807, 2.05) is 0 Å². The molecule has 154 valence electrons. The van der Waals surface area contributed by atoms with Gasteiger partial charge in [-0.15, -0.1) is 0 Å². The normalized spacial score (nSPS) is 10.4. The molecule has 1 heterocycles. The van der Waals surface area contributed by atoms with Gasteiger partial charge in [0.2, 0.25) is 5.91 Å². The molecule has 6 nitrogen and oxygen atoms in total. The fourth-order valence-electron chi connectivity index (χ4n) is 2.93. The molecule has 8 heteroatoms. The van der Waals surface area contributed by atoms with Crippen molar-refractivity contribution in [2.45, 2.75) is 0 Å². The number of carbonyl (C=O) groups is 1. The quantitative estimate of drug-likeness (QED) is 0.497. The fourth-order valence-corrected chi connectivity index (χ4v) is 3.05. The van der Waals surface area contributed by atoms with Gasteiger partial charge in [-0.05, 0) is 48.5 Å². The Bertz CT molecular complexity index is 1190. The van der Waals surface area contributed by atoms with Crippen LogP contribution < -0.4 is 21.5 Å². The zero-order valence-electron chi connectivity index (χ0n) is 16.4. The van der Waals surface area contributed by atoms with Gasteiger partial charge in [0.25, 0.3) is 5.56 Å². The van der Waals surface area contributed by atoms with Crippen LogP contribution in [0, 0.1) is 5.82 Å². The van der Waals surface area contributed by atoms with Gasteiger partial charge in [0.15, 0.2) is 0 Å². The number of aryl methyl sites for hydroxylation is 1. The Hall–Kier alpha value is -3.58. The van der Waals surface area contributed by atoms with Crippen LogP contribution in [0.1, 0.15) is 0 Å². The van der Waals surface area contributed by atoms with E-state index < -0.39 is 5.82 Å². The summed E-state index contributed by atoms with van der Waals surface area (Å²) in [7, 11) is 3.31. The maximum absolute atomic E-state index is 13.9. The predicted molar refractivity (Wildman–Crippen MR) is 120 cm³/mol. The maximum Gasteiger partial charge on any atom is 0.273 e. The third kappa shape index (κ3) is 4.52. The lowest BCUT2D eigenvalue weighted by atomic mass is 10.0. The Morgan fingerprint density at radius 2 is 1.87 bits per heavy atom. The van der Waals surface area contributed by atoms with Gasteiger partial charge in [-0.25, -0.2) is 4.39 Å². The zero-order chi connectivity index (χ0) is 21.8. The number of hydrogen-bond donors (Lipinski definition) is 3. The zero-order valence-corrected chi connectivity index (χ0v) is 17.2. The molecule has 0 aliphatic heterocycles. The van der Waals surface area contributed by atoms with Crippen molar-refractivity contribution < 1.29 is 9.18 Å². The molecule has 1 amide bonds. The topological polar surface area (TPSA) is 75.2 Å². The lowest BCUT2D eigenvalue weighted by molar-refractivity contribution is -0.111. The second-order valence-corrected chi connectivity index (χ2v) is 6.92. The van der Waals surface area contributed by atoms with Crippen LogP contribution in [-0.4, -0.2) is 17.5 Å². The summed E-state index contributed by atoms with van der Waals surface area (Å²) in [6.07, 6.45) is 2.86. The highest BCUT2D eigenvalue weighted by molar-refractivity contribution is 6.30. The number of anilines is 4. The molecule has 1 aromatic heterocycles. The molecule has 0 spiro atoms. The van der Waals surface area contributed by atoms with Crippen LogP contribution in [0.2, 0.25) is 5.02 Å². The van der Waals surface area contributed by atoms with E-state index in [-0.39, 0.29) is 16.5 Å². The lowest BCUT2D eigenvalue weighted by Crippen LogP contribution is -2.19. The molecule has 3 N–H and O–H groups in total. The van der Waals surface area contributed by atoms with Crippen LogP contribution in [0.5, 0.6) is 0 Å². The number of hydrogen-bond acceptors (Lipinski definition) is 4. The Kier molecular flexibility index (Phi) is 6.23. The van der Waals surface area contributed by atoms with Gasteiger partial charge in [-0.2, -0.15) is 0 Å². The van der Waals surface area contributed by atoms with Crippen molar-refractivity contribution in [3.05, 3.63) is 82.5 Å². The molecule has 2 aromatic carbocycles. The number of nitrogens with one attached hydrogen (secondary N) is 3. The van der Waals surface area contributed by atoms with Gasteiger partial charge in [-0.3, -0.25) is 9.59 Å². The van der Waals surface area contributed by atoms with Crippen molar-refractivity contribution in [2.75, 3.05) is 23.0 Å². The van der Waals surface area contributed by atoms with Crippen LogP contribution in [0.15, 0.2) is 66.1 Å². The van der Waals surface area contributed by atoms with E-state index in [2.05, 4.69) is 22.5 Å². The number of halogens is 2. The average Bonchev–Trinajstić information content (AvgIpc) is 2.73. The molecule has 0 unspecified atom stereocenters. The molecule has 0 saturated carbocycles. The smallest absolute Gasteiger partial charge is 0.273 e. The van der Waals surface area contributed by atoms with Crippen LogP contribution >= 0.6 is 11.6 Å². The third-order valence-corrected chi connectivity index (χ3v) is 4.74. The third-order valence-electron chi connectivity index (χ3n) is 4.43. The summed E-state index contributed by atoms with van der Waals surface area (Å²) in [4.78, 5) is 24.0. The maximum atomic E-state index is 13.9. The summed E-state index contributed by atoms with van der Waals surface area (Å²) in [5, 5.41) is 8.80. The minimum Gasteiger partial charge on any atom is -0.384 e. The molecule has 0 saturated heterocycles. The number of rotatable bonds is 6. The summed E-state index contributed by atoms with van der Waals surface area (Å²) < 4.78 is 15.3. The van der Waals surface area contributed by atoms with Gasteiger partial charge in [0.1, 0.15) is 11.5 Å². The van der Waals surface area contributed by atoms with Crippen LogP contribution in [-0.2, 0) is 11.8 Å². The molecule has 0 fully saturated rings. The standard InChI is InChI=1S/C22H20ClFN4O2/c1-4-21(29)27-14-6-8-19(26-15-5-7-17(23)18(24)11-15)16(10-14)13-9-20(25-2)22(30)28(3)12-13/h4-12,25-26H,1H2,2-3H3,(H,27,29). The predicted octanol–water partition coefficient (Wildman–Crippen LogP) is 4.75. The van der Waals surface area contributed by atoms with Gasteiger partial charge in [0, 0.05) is 48.5 Å². The van der Waals surface area contributed by atoms with E-state index in [1.165, 1.54) is 22.8 Å². The summed E-state index contributed by atoms with van der Waals surface area (Å²) >= 11 is 5.77. The Labute approximate surface area is 178 Å². The van der Waals surface area contributed by atoms with Gasteiger partial charge >= 0.3 is 0 Å². The monoisotopic (exact) mass is 426 g/mol. The molecule has 0 bridgehead atoms. The van der Waals surface area contributed by atoms with E-state index in [1.54, 1.807) is 50.6 Å². The Balaban J connectivity index is 2.13. The molecule has 0 radical (unpaired) electrons. The van der Waals surface area contributed by atoms with Crippen molar-refractivity contribution in [1.82, 2.24) is 4.57 Å². The lowest BCUT2D eigenvalue weighted by Gasteiger charge is -2.16. The van der Waals surface area contributed by atoms with Gasteiger partial charge in [0.05, 0.1) is 5.02 Å². The highest BCUT2D eigenvalue weighted by Gasteiger charge is 2.12. The first-order valence-corrected chi connectivity index (χ1v) is 9.38. The minimum absolute atomic E-state index is 0.0278. The molecule has 3 aromatic rings. The van der Waals surface area contributed by atoms with Crippen molar-refractivity contribution in [1.29, 1.82) is 0 Å². The number of pyridine rings is 1. The first-order valence-electron chi connectivity index (χ1n) is 9.00. The summed E-state index contributed by atoms with van der Waals surface area (Å²) in [6, 6.07) is 11.3. The average molecular weight is 427 g/mol. The summed E-state index contributed by atoms with van der Waals surface area (Å²) in [5.41, 5.74) is 3.34. The minimum atomic E-state index is -0.544. The molecule has 30 heavy (non-hydrogen) atoms. The van der Waals surface area contributed by atoms with Gasteiger partial charge < -0.3 is 20.5 Å². The number of carbonyl (C=O) groups excluding carboxylic acids is 1. The second-order valence-electron chi connectivity index (χ2n) is 6.52. The summed E-state index contributed by atoms with van der Waals surface area (Å²) in [5.74, 6) is -0.893. The second kappa shape index (κ2) is 8.84. The first kappa shape index (κ1) is 21.1. The first-order chi connectivity index (χ1) is 14.3. The fraction of sp³-hybridized carbons (Fsp3) is 0.0909. The molecule has 0 atom stereocenters. The van der Waals surface area contributed by atoms with Crippen molar-refractivity contribution in [3.8, 4) is 11.1 Å². The highest BCUT2D eigenvalue weighted by atomic mass is 35.5. The molecule has 0 aliphatic carbocycles. The van der Waals surface area contributed by atoms with Crippen molar-refractivity contribution >= 4 is 40.3 Å². The Morgan fingerprint density at radius 1 is 1.13 bits per heavy atom. The van der Waals surface area contributed by atoms with Crippen LogP contribution in [0.25, 0.3) is 11.1 Å². The van der Waals surface area contributed by atoms with E-state index in [9.17, 15) is 14.0 Å². The van der Waals surface area contributed by atoms with Crippen LogP contribution in [0.4, 0.5) is 27.1 Å². The van der Waals surface area contributed by atoms with E-state index in [4.69, 9.17) is 11.6 Å². The van der Waals surface area contributed by atoms with Crippen LogP contribution in [0.3, 0.4) is 0 Å². The van der Waals surface area contributed by atoms with Crippen molar-refractivity contribution in [3.63, 3.8) is 0 Å².